The van der Waals surface area contributed by atoms with Crippen molar-refractivity contribution < 1.29 is 9.90 Å². The highest BCUT2D eigenvalue weighted by molar-refractivity contribution is 7.80. The number of phenolic OH excluding ortho intramolecular Hbond substituents is 1. The van der Waals surface area contributed by atoms with Gasteiger partial charge in [0.05, 0.1) is 23.5 Å². The smallest absolute Gasteiger partial charge is 0.226 e. The molecule has 8 heteroatoms. The molecule has 0 bridgehead atoms. The topological polar surface area (TPSA) is 82.4 Å². The molecule has 194 valence electrons. The number of phenols is 1. The number of aromatic hydroxyl groups is 1. The third-order valence-electron chi connectivity index (χ3n) is 7.02. The Morgan fingerprint density at radius 1 is 1.05 bits per heavy atom. The van der Waals surface area contributed by atoms with Gasteiger partial charge in [-0.15, -0.1) is 0 Å². The lowest BCUT2D eigenvalue weighted by molar-refractivity contribution is -0.116. The molecule has 0 spiro atoms. The van der Waals surface area contributed by atoms with Crippen molar-refractivity contribution in [2.45, 2.75) is 39.3 Å². The second-order valence-electron chi connectivity index (χ2n) is 9.63. The molecule has 4 aromatic rings. The first-order valence-electron chi connectivity index (χ1n) is 12.7. The van der Waals surface area contributed by atoms with Gasteiger partial charge in [-0.3, -0.25) is 9.78 Å². The minimum Gasteiger partial charge on any atom is -0.506 e. The first-order valence-corrected chi connectivity index (χ1v) is 13.1. The quantitative estimate of drug-likeness (QED) is 0.276. The monoisotopic (exact) mass is 525 g/mol. The molecule has 2 aromatic heterocycles. The number of aromatic nitrogens is 2. The van der Waals surface area contributed by atoms with E-state index in [2.05, 4.69) is 31.2 Å². The maximum atomic E-state index is 12.9. The predicted molar refractivity (Wildman–Crippen MR) is 153 cm³/mol. The summed E-state index contributed by atoms with van der Waals surface area (Å²) in [6, 6.07) is 22.7. The lowest BCUT2D eigenvalue weighted by Crippen LogP contribution is -2.32. The summed E-state index contributed by atoms with van der Waals surface area (Å²) in [6.07, 6.45) is 2.05. The number of hydrogen-bond acceptors (Lipinski definition) is 4. The minimum absolute atomic E-state index is 0.0728. The molecule has 1 saturated heterocycles. The molecule has 1 amide bonds. The van der Waals surface area contributed by atoms with Crippen LogP contribution in [0.15, 0.2) is 79.0 Å². The Kier molecular flexibility index (Phi) is 7.15. The van der Waals surface area contributed by atoms with Gasteiger partial charge in [0, 0.05) is 36.2 Å². The van der Waals surface area contributed by atoms with Gasteiger partial charge in [0.25, 0.3) is 0 Å². The van der Waals surface area contributed by atoms with Crippen molar-refractivity contribution >= 4 is 28.9 Å². The maximum absolute atomic E-state index is 12.9. The fourth-order valence-electron chi connectivity index (χ4n) is 5.18. The van der Waals surface area contributed by atoms with Gasteiger partial charge in [-0.1, -0.05) is 35.9 Å². The van der Waals surface area contributed by atoms with Crippen molar-refractivity contribution in [2.24, 2.45) is 0 Å². The van der Waals surface area contributed by atoms with Crippen LogP contribution in [0.1, 0.15) is 46.7 Å². The van der Waals surface area contributed by atoms with Crippen LogP contribution in [0, 0.1) is 20.8 Å². The summed E-state index contributed by atoms with van der Waals surface area (Å²) in [4.78, 5) is 19.6. The number of benzene rings is 2. The van der Waals surface area contributed by atoms with Crippen LogP contribution in [-0.2, 0) is 4.79 Å². The van der Waals surface area contributed by atoms with Crippen LogP contribution in [0.25, 0.3) is 5.69 Å². The Morgan fingerprint density at radius 3 is 2.50 bits per heavy atom. The molecule has 3 N–H and O–H groups in total. The van der Waals surface area contributed by atoms with E-state index in [1.807, 2.05) is 81.4 Å². The van der Waals surface area contributed by atoms with Gasteiger partial charge in [-0.2, -0.15) is 0 Å². The van der Waals surface area contributed by atoms with Crippen LogP contribution in [0.2, 0.25) is 0 Å². The number of thiocarbonyl (C=S) groups is 1. The number of pyridine rings is 1. The zero-order chi connectivity index (χ0) is 26.8. The molecule has 7 nitrogen and oxygen atoms in total. The van der Waals surface area contributed by atoms with Gasteiger partial charge < -0.3 is 25.2 Å². The third kappa shape index (κ3) is 4.99. The number of carbonyl (C=O) groups is 1. The average molecular weight is 526 g/mol. The van der Waals surface area contributed by atoms with Crippen molar-refractivity contribution in [3.8, 4) is 11.4 Å². The highest BCUT2D eigenvalue weighted by Crippen LogP contribution is 2.42. The second-order valence-corrected chi connectivity index (χ2v) is 10.0. The Bertz CT molecular complexity index is 1470. The molecule has 0 aliphatic carbocycles. The van der Waals surface area contributed by atoms with Gasteiger partial charge in [0.2, 0.25) is 5.91 Å². The van der Waals surface area contributed by atoms with Crippen molar-refractivity contribution in [1.82, 2.24) is 19.8 Å². The predicted octanol–water partition coefficient (Wildman–Crippen LogP) is 5.50. The van der Waals surface area contributed by atoms with Crippen LogP contribution < -0.4 is 10.6 Å². The minimum atomic E-state index is -0.192. The molecule has 0 radical (unpaired) electrons. The van der Waals surface area contributed by atoms with E-state index in [4.69, 9.17) is 12.2 Å². The van der Waals surface area contributed by atoms with E-state index in [1.54, 1.807) is 12.3 Å². The number of nitrogens with zero attached hydrogens (tertiary/aromatic N) is 3. The summed E-state index contributed by atoms with van der Waals surface area (Å²) in [6.45, 7) is 6.53. The fourth-order valence-corrected chi connectivity index (χ4v) is 5.51. The average Bonchev–Trinajstić information content (AvgIpc) is 3.39. The molecule has 0 saturated carbocycles. The summed E-state index contributed by atoms with van der Waals surface area (Å²) in [5.74, 6) is 0.142. The lowest BCUT2D eigenvalue weighted by atomic mass is 9.96. The van der Waals surface area contributed by atoms with E-state index >= 15 is 0 Å². The standard InChI is InChI=1S/C30H31N5O2S/c1-19-11-13-22(14-12-19)32-27(37)15-17-34-29(28(33-30(34)38)24-8-6-7-16-31-24)23-18-20(2)35(21(23)3)25-9-4-5-10-26(25)36/h4-14,16,18,28-29,36H,15,17H2,1-3H3,(H,32,37)(H,33,38)/t28-,29-/m0/s1. The Balaban J connectivity index is 1.47. The van der Waals surface area contributed by atoms with E-state index in [-0.39, 0.29) is 30.2 Å². The Morgan fingerprint density at radius 2 is 1.79 bits per heavy atom. The molecule has 0 unspecified atom stereocenters. The van der Waals surface area contributed by atoms with Crippen molar-refractivity contribution in [3.63, 3.8) is 0 Å². The summed E-state index contributed by atoms with van der Waals surface area (Å²) in [5.41, 5.74) is 6.56. The first-order chi connectivity index (χ1) is 18.3. The van der Waals surface area contributed by atoms with Gasteiger partial charge in [-0.25, -0.2) is 0 Å². The molecule has 5 rings (SSSR count). The molecule has 3 heterocycles. The van der Waals surface area contributed by atoms with Gasteiger partial charge in [-0.05, 0) is 81.0 Å². The van der Waals surface area contributed by atoms with Crippen LogP contribution >= 0.6 is 12.2 Å². The van der Waals surface area contributed by atoms with Crippen LogP contribution in [0.4, 0.5) is 5.69 Å². The summed E-state index contributed by atoms with van der Waals surface area (Å²) in [7, 11) is 0. The Labute approximate surface area is 228 Å². The van der Waals surface area contributed by atoms with E-state index in [1.165, 1.54) is 0 Å². The highest BCUT2D eigenvalue weighted by atomic mass is 32.1. The number of para-hydroxylation sites is 2. The third-order valence-corrected chi connectivity index (χ3v) is 7.38. The zero-order valence-corrected chi connectivity index (χ0v) is 22.5. The number of hydrogen-bond donors (Lipinski definition) is 3. The Hall–Kier alpha value is -4.17. The first kappa shape index (κ1) is 25.5. The molecule has 2 aromatic carbocycles. The summed E-state index contributed by atoms with van der Waals surface area (Å²) >= 11 is 5.80. The molecule has 1 aliphatic rings. The fraction of sp³-hybridized carbons (Fsp3) is 0.233. The maximum Gasteiger partial charge on any atom is 0.226 e. The van der Waals surface area contributed by atoms with Gasteiger partial charge >= 0.3 is 0 Å². The van der Waals surface area contributed by atoms with E-state index < -0.39 is 0 Å². The van der Waals surface area contributed by atoms with Crippen LogP contribution in [-0.4, -0.2) is 37.1 Å². The summed E-state index contributed by atoms with van der Waals surface area (Å²) < 4.78 is 2.06. The van der Waals surface area contributed by atoms with Crippen molar-refractivity contribution in [3.05, 3.63) is 107 Å². The lowest BCUT2D eigenvalue weighted by Gasteiger charge is -2.28. The molecule has 38 heavy (non-hydrogen) atoms. The molecular formula is C30H31N5O2S. The number of rotatable bonds is 7. The number of anilines is 1. The number of aryl methyl sites for hydroxylation is 2. The van der Waals surface area contributed by atoms with Crippen LogP contribution in [0.5, 0.6) is 5.75 Å². The summed E-state index contributed by atoms with van der Waals surface area (Å²) in [5, 5.41) is 17.6. The molecule has 1 fully saturated rings. The van der Waals surface area contributed by atoms with E-state index in [0.29, 0.717) is 11.7 Å². The largest absolute Gasteiger partial charge is 0.506 e. The normalized spacial score (nSPS) is 16.9. The zero-order valence-electron chi connectivity index (χ0n) is 21.7. The van der Waals surface area contributed by atoms with Gasteiger partial charge in [0.1, 0.15) is 5.75 Å². The molecular weight excluding hydrogens is 494 g/mol. The van der Waals surface area contributed by atoms with Crippen molar-refractivity contribution in [1.29, 1.82) is 0 Å². The number of amides is 1. The molecule has 2 atom stereocenters. The number of nitrogens with one attached hydrogen (secondary N) is 2. The number of carbonyl (C=O) groups excluding carboxylic acids is 1. The van der Waals surface area contributed by atoms with Crippen molar-refractivity contribution in [2.75, 3.05) is 11.9 Å². The van der Waals surface area contributed by atoms with Crippen LogP contribution in [0.3, 0.4) is 0 Å². The highest BCUT2D eigenvalue weighted by Gasteiger charge is 2.41. The van der Waals surface area contributed by atoms with E-state index in [0.717, 1.165) is 39.6 Å². The second kappa shape index (κ2) is 10.7. The SMILES string of the molecule is Cc1ccc(NC(=O)CCN2C(=S)N[C@@H](c3ccccn3)[C@@H]2c2cc(C)n(-c3ccccc3O)c2C)cc1. The van der Waals surface area contributed by atoms with E-state index in [9.17, 15) is 9.90 Å². The van der Waals surface area contributed by atoms with Gasteiger partial charge in [0.15, 0.2) is 5.11 Å². The molecule has 1 aliphatic heterocycles.